The molecule has 14 heavy (non-hydrogen) atoms. The average Bonchev–Trinajstić information content (AvgIpc) is 2.89. The number of hydrogen-bond acceptors (Lipinski definition) is 2. The van der Waals surface area contributed by atoms with E-state index in [-0.39, 0.29) is 11.2 Å². The van der Waals surface area contributed by atoms with Crippen LogP contribution in [0, 0.1) is 5.41 Å². The van der Waals surface area contributed by atoms with Gasteiger partial charge in [-0.2, -0.15) is 0 Å². The van der Waals surface area contributed by atoms with Crippen molar-refractivity contribution in [1.29, 1.82) is 0 Å². The third-order valence-corrected chi connectivity index (χ3v) is 3.24. The monoisotopic (exact) mass is 192 g/mol. The number of hydrogen-bond donors (Lipinski definition) is 2. The first kappa shape index (κ1) is 9.46. The third-order valence-electron chi connectivity index (χ3n) is 3.24. The summed E-state index contributed by atoms with van der Waals surface area (Å²) in [6.45, 7) is 3.87. The van der Waals surface area contributed by atoms with Crippen molar-refractivity contribution in [2.45, 2.75) is 19.8 Å². The second-order valence-electron chi connectivity index (χ2n) is 3.97. The lowest BCUT2D eigenvalue weighted by Crippen LogP contribution is -2.33. The first-order chi connectivity index (χ1) is 6.78. The highest BCUT2D eigenvalue weighted by Crippen LogP contribution is 2.32. The summed E-state index contributed by atoms with van der Waals surface area (Å²) < 4.78 is 0. The van der Waals surface area contributed by atoms with E-state index in [1.165, 1.54) is 0 Å². The zero-order valence-electron chi connectivity index (χ0n) is 8.47. The summed E-state index contributed by atoms with van der Waals surface area (Å²) >= 11 is 0. The van der Waals surface area contributed by atoms with E-state index in [0.717, 1.165) is 31.6 Å². The Morgan fingerprint density at radius 3 is 3.00 bits per heavy atom. The van der Waals surface area contributed by atoms with Crippen molar-refractivity contribution in [3.05, 3.63) is 24.0 Å². The first-order valence-corrected chi connectivity index (χ1v) is 5.17. The Morgan fingerprint density at radius 2 is 2.50 bits per heavy atom. The van der Waals surface area contributed by atoms with E-state index in [9.17, 15) is 4.79 Å². The van der Waals surface area contributed by atoms with Crippen molar-refractivity contribution in [3.8, 4) is 0 Å². The molecule has 1 saturated heterocycles. The van der Waals surface area contributed by atoms with Crippen molar-refractivity contribution in [2.24, 2.45) is 5.41 Å². The molecule has 0 radical (unpaired) electrons. The molecule has 0 spiro atoms. The van der Waals surface area contributed by atoms with Crippen LogP contribution in [0.15, 0.2) is 18.3 Å². The summed E-state index contributed by atoms with van der Waals surface area (Å²) in [6, 6.07) is 3.73. The normalized spacial score (nSPS) is 26.6. The van der Waals surface area contributed by atoms with Crippen molar-refractivity contribution < 1.29 is 4.79 Å². The fraction of sp³-hybridized carbons (Fsp3) is 0.545. The van der Waals surface area contributed by atoms with Gasteiger partial charge in [0.1, 0.15) is 0 Å². The minimum Gasteiger partial charge on any atom is -0.359 e. The summed E-state index contributed by atoms with van der Waals surface area (Å²) in [7, 11) is 0. The van der Waals surface area contributed by atoms with Gasteiger partial charge in [0.25, 0.3) is 0 Å². The van der Waals surface area contributed by atoms with Gasteiger partial charge >= 0.3 is 0 Å². The van der Waals surface area contributed by atoms with Crippen LogP contribution in [0.2, 0.25) is 0 Å². The quantitative estimate of drug-likeness (QED) is 0.714. The summed E-state index contributed by atoms with van der Waals surface area (Å²) in [5.41, 5.74) is 0.584. The lowest BCUT2D eigenvalue weighted by molar-refractivity contribution is 0.0805. The fourth-order valence-electron chi connectivity index (χ4n) is 2.16. The van der Waals surface area contributed by atoms with Crippen molar-refractivity contribution in [1.82, 2.24) is 10.3 Å². The Kier molecular flexibility index (Phi) is 2.42. The van der Waals surface area contributed by atoms with Crippen LogP contribution >= 0.6 is 0 Å². The van der Waals surface area contributed by atoms with Gasteiger partial charge in [0, 0.05) is 18.2 Å². The molecule has 1 fully saturated rings. The molecule has 0 bridgehead atoms. The van der Waals surface area contributed by atoms with Gasteiger partial charge in [0.2, 0.25) is 0 Å². The van der Waals surface area contributed by atoms with Crippen molar-refractivity contribution in [2.75, 3.05) is 13.1 Å². The molecule has 1 unspecified atom stereocenters. The number of carbonyl (C=O) groups excluding carboxylic acids is 1. The number of aromatic amines is 1. The summed E-state index contributed by atoms with van der Waals surface area (Å²) in [5, 5.41) is 3.27. The number of ketones is 1. The zero-order chi connectivity index (χ0) is 10.0. The number of aromatic nitrogens is 1. The lowest BCUT2D eigenvalue weighted by Gasteiger charge is -2.23. The molecule has 3 heteroatoms. The van der Waals surface area contributed by atoms with Crippen molar-refractivity contribution >= 4 is 5.78 Å². The molecule has 2 rings (SSSR count). The van der Waals surface area contributed by atoms with E-state index >= 15 is 0 Å². The van der Waals surface area contributed by atoms with E-state index in [1.54, 1.807) is 6.20 Å². The van der Waals surface area contributed by atoms with Gasteiger partial charge < -0.3 is 10.3 Å². The van der Waals surface area contributed by atoms with Crippen LogP contribution in [-0.2, 0) is 0 Å². The Hall–Kier alpha value is -1.09. The van der Waals surface area contributed by atoms with Gasteiger partial charge in [-0.05, 0) is 31.5 Å². The number of carbonyl (C=O) groups is 1. The SMILES string of the molecule is CCC1(C(=O)c2ccc[nH]2)CCNC1. The topological polar surface area (TPSA) is 44.9 Å². The second-order valence-corrected chi connectivity index (χ2v) is 3.97. The zero-order valence-corrected chi connectivity index (χ0v) is 8.47. The first-order valence-electron chi connectivity index (χ1n) is 5.17. The average molecular weight is 192 g/mol. The molecule has 0 aromatic carbocycles. The molecule has 2 N–H and O–H groups in total. The second kappa shape index (κ2) is 3.58. The van der Waals surface area contributed by atoms with E-state index in [0.29, 0.717) is 0 Å². The molecule has 76 valence electrons. The molecule has 0 amide bonds. The van der Waals surface area contributed by atoms with Crippen LogP contribution in [-0.4, -0.2) is 23.9 Å². The third kappa shape index (κ3) is 1.38. The number of rotatable bonds is 3. The van der Waals surface area contributed by atoms with Crippen LogP contribution in [0.1, 0.15) is 30.3 Å². The van der Waals surface area contributed by atoms with E-state index in [2.05, 4.69) is 17.2 Å². The summed E-state index contributed by atoms with van der Waals surface area (Å²) in [6.07, 6.45) is 3.68. The van der Waals surface area contributed by atoms with Gasteiger partial charge in [-0.1, -0.05) is 6.92 Å². The highest BCUT2D eigenvalue weighted by molar-refractivity contribution is 5.99. The van der Waals surface area contributed by atoms with Gasteiger partial charge in [0.15, 0.2) is 5.78 Å². The lowest BCUT2D eigenvalue weighted by atomic mass is 9.79. The minimum absolute atomic E-state index is 0.162. The maximum atomic E-state index is 12.2. The summed E-state index contributed by atoms with van der Waals surface area (Å²) in [4.78, 5) is 15.2. The molecule has 1 aromatic heterocycles. The number of nitrogens with one attached hydrogen (secondary N) is 2. The van der Waals surface area contributed by atoms with Crippen LogP contribution in [0.3, 0.4) is 0 Å². The van der Waals surface area contributed by atoms with Gasteiger partial charge in [0.05, 0.1) is 5.69 Å². The van der Waals surface area contributed by atoms with Crippen LogP contribution in [0.4, 0.5) is 0 Å². The predicted molar refractivity (Wildman–Crippen MR) is 55.3 cm³/mol. The standard InChI is InChI=1S/C11H16N2O/c1-2-11(5-7-12-8-11)10(14)9-4-3-6-13-9/h3-4,6,12-13H,2,5,7-8H2,1H3. The molecule has 0 saturated carbocycles. The number of Topliss-reactive ketones (excluding diaryl/α,β-unsaturated/α-hetero) is 1. The van der Waals surface area contributed by atoms with Gasteiger partial charge in [-0.15, -0.1) is 0 Å². The summed E-state index contributed by atoms with van der Waals surface area (Å²) in [5.74, 6) is 0.259. The molecular formula is C11H16N2O. The van der Waals surface area contributed by atoms with Gasteiger partial charge in [-0.3, -0.25) is 4.79 Å². The molecule has 2 heterocycles. The Morgan fingerprint density at radius 1 is 1.64 bits per heavy atom. The Labute approximate surface area is 83.9 Å². The van der Waals surface area contributed by atoms with Crippen LogP contribution in [0.5, 0.6) is 0 Å². The molecule has 3 nitrogen and oxygen atoms in total. The highest BCUT2D eigenvalue weighted by atomic mass is 16.1. The molecule has 0 aliphatic carbocycles. The predicted octanol–water partition coefficient (Wildman–Crippen LogP) is 1.59. The van der Waals surface area contributed by atoms with E-state index in [1.807, 2.05) is 12.1 Å². The Balaban J connectivity index is 2.24. The van der Waals surface area contributed by atoms with Crippen LogP contribution < -0.4 is 5.32 Å². The van der Waals surface area contributed by atoms with Crippen LogP contribution in [0.25, 0.3) is 0 Å². The number of H-pyrrole nitrogens is 1. The molecule has 1 atom stereocenters. The Bertz CT molecular complexity index is 310. The maximum absolute atomic E-state index is 12.2. The molecule has 1 aliphatic heterocycles. The largest absolute Gasteiger partial charge is 0.359 e. The molecule has 1 aromatic rings. The smallest absolute Gasteiger partial charge is 0.186 e. The maximum Gasteiger partial charge on any atom is 0.186 e. The van der Waals surface area contributed by atoms with Crippen molar-refractivity contribution in [3.63, 3.8) is 0 Å². The van der Waals surface area contributed by atoms with Gasteiger partial charge in [-0.25, -0.2) is 0 Å². The highest BCUT2D eigenvalue weighted by Gasteiger charge is 2.40. The van der Waals surface area contributed by atoms with E-state index < -0.39 is 0 Å². The van der Waals surface area contributed by atoms with E-state index in [4.69, 9.17) is 0 Å². The minimum atomic E-state index is -0.162. The fourth-order valence-corrected chi connectivity index (χ4v) is 2.16. The molecular weight excluding hydrogens is 176 g/mol. The molecule has 1 aliphatic rings.